The van der Waals surface area contributed by atoms with Gasteiger partial charge < -0.3 is 24.9 Å². The molecule has 198 valence electrons. The Bertz CT molecular complexity index is 936. The summed E-state index contributed by atoms with van der Waals surface area (Å²) in [6.07, 6.45) is 13.9. The molecule has 0 amide bonds. The first-order valence-corrected chi connectivity index (χ1v) is 15.0. The zero-order chi connectivity index (χ0) is 25.7. The molecule has 0 aliphatic heterocycles. The molecule has 3 rings (SSSR count). The summed E-state index contributed by atoms with van der Waals surface area (Å²) in [4.78, 5) is 29.2. The summed E-state index contributed by atoms with van der Waals surface area (Å²) in [5, 5.41) is 5.79. The highest BCUT2D eigenvalue weighted by atomic mass is 35.5. The van der Waals surface area contributed by atoms with Crippen molar-refractivity contribution < 1.29 is 19.2 Å². The number of aryl methyl sites for hydroxylation is 1. The summed E-state index contributed by atoms with van der Waals surface area (Å²) in [5.41, 5.74) is 5.09. The molecule has 35 heavy (non-hydrogen) atoms. The van der Waals surface area contributed by atoms with Crippen LogP contribution in [0.25, 0.3) is 10.9 Å². The molecule has 0 saturated heterocycles. The Labute approximate surface area is 215 Å². The van der Waals surface area contributed by atoms with Gasteiger partial charge in [-0.15, -0.1) is 0 Å². The van der Waals surface area contributed by atoms with Crippen LogP contribution in [-0.2, 0) is 17.4 Å². The van der Waals surface area contributed by atoms with Crippen LogP contribution in [0.2, 0.25) is 5.02 Å². The molecule has 0 bridgehead atoms. The van der Waals surface area contributed by atoms with Crippen molar-refractivity contribution in [3.05, 3.63) is 34.5 Å². The van der Waals surface area contributed by atoms with Gasteiger partial charge in [-0.3, -0.25) is 4.98 Å². The van der Waals surface area contributed by atoms with Gasteiger partial charge in [0.25, 0.3) is 0 Å². The van der Waals surface area contributed by atoms with Gasteiger partial charge in [0.1, 0.15) is 0 Å². The second kappa shape index (κ2) is 15.8. The van der Waals surface area contributed by atoms with E-state index >= 15 is 0 Å². The molecule has 7 nitrogen and oxygen atoms in total. The SMILES string of the molecule is CCCCCN(CCCCC)CCCNc1c2c(nc3ccc(Cl)cc13)CCCC2.O=P(O)(O)O. The first-order chi connectivity index (χ1) is 16.7. The summed E-state index contributed by atoms with van der Waals surface area (Å²) in [7, 11) is -4.64. The van der Waals surface area contributed by atoms with Gasteiger partial charge >= 0.3 is 7.82 Å². The van der Waals surface area contributed by atoms with Gasteiger partial charge in [0, 0.05) is 28.3 Å². The largest absolute Gasteiger partial charge is 0.466 e. The smallest absolute Gasteiger partial charge is 0.384 e. The minimum absolute atomic E-state index is 0.793. The fourth-order valence-electron chi connectivity index (χ4n) is 4.62. The van der Waals surface area contributed by atoms with Crippen LogP contribution in [0.1, 0.15) is 82.9 Å². The number of aromatic nitrogens is 1. The maximum atomic E-state index is 8.88. The van der Waals surface area contributed by atoms with Gasteiger partial charge in [-0.2, -0.15) is 0 Å². The molecule has 1 heterocycles. The maximum absolute atomic E-state index is 8.88. The summed E-state index contributed by atoms with van der Waals surface area (Å²) >= 11 is 6.34. The average molecular weight is 528 g/mol. The lowest BCUT2D eigenvalue weighted by molar-refractivity contribution is 0.261. The standard InChI is InChI=1S/C26H40ClN3.H3O4P/c1-3-5-9-17-30(18-10-6-4-2)19-11-16-28-26-22-12-7-8-13-24(22)29-25-15-14-21(27)20-23(25)26;1-5(2,3)4/h14-15,20H,3-13,16-19H2,1-2H3,(H,28,29);(H3,1,2,3,4). The predicted molar refractivity (Wildman–Crippen MR) is 146 cm³/mol. The van der Waals surface area contributed by atoms with E-state index in [1.807, 2.05) is 6.07 Å². The van der Waals surface area contributed by atoms with Crippen LogP contribution in [0, 0.1) is 0 Å². The highest BCUT2D eigenvalue weighted by Crippen LogP contribution is 2.34. The molecule has 0 unspecified atom stereocenters. The number of rotatable bonds is 13. The quantitative estimate of drug-likeness (QED) is 0.178. The molecule has 0 fully saturated rings. The monoisotopic (exact) mass is 527 g/mol. The fourth-order valence-corrected chi connectivity index (χ4v) is 4.79. The first-order valence-electron chi connectivity index (χ1n) is 13.1. The number of fused-ring (bicyclic) bond motifs is 2. The zero-order valence-electron chi connectivity index (χ0n) is 21.3. The highest BCUT2D eigenvalue weighted by Gasteiger charge is 2.18. The lowest BCUT2D eigenvalue weighted by atomic mass is 9.92. The molecule has 4 N–H and O–H groups in total. The molecule has 2 aromatic rings. The highest BCUT2D eigenvalue weighted by molar-refractivity contribution is 7.45. The van der Waals surface area contributed by atoms with Crippen LogP contribution in [-0.4, -0.2) is 50.7 Å². The van der Waals surface area contributed by atoms with Gasteiger partial charge in [-0.25, -0.2) is 4.57 Å². The number of unbranched alkanes of at least 4 members (excludes halogenated alkanes) is 4. The number of hydrogen-bond donors (Lipinski definition) is 4. The van der Waals surface area contributed by atoms with E-state index in [2.05, 4.69) is 36.2 Å². The second-order valence-corrected chi connectivity index (χ2v) is 10.8. The van der Waals surface area contributed by atoms with Crippen molar-refractivity contribution in [2.45, 2.75) is 84.5 Å². The Morgan fingerprint density at radius 1 is 0.971 bits per heavy atom. The first kappa shape index (κ1) is 30.0. The number of benzene rings is 1. The third kappa shape index (κ3) is 11.6. The Morgan fingerprint density at radius 2 is 1.57 bits per heavy atom. The second-order valence-electron chi connectivity index (χ2n) is 9.33. The van der Waals surface area contributed by atoms with Crippen molar-refractivity contribution >= 4 is 36.0 Å². The number of anilines is 1. The van der Waals surface area contributed by atoms with Crippen molar-refractivity contribution in [3.8, 4) is 0 Å². The molecule has 0 atom stereocenters. The van der Waals surface area contributed by atoms with Crippen LogP contribution in [0.3, 0.4) is 0 Å². The van der Waals surface area contributed by atoms with Gasteiger partial charge in [-0.1, -0.05) is 51.1 Å². The predicted octanol–water partition coefficient (Wildman–Crippen LogP) is 6.32. The van der Waals surface area contributed by atoms with Crippen molar-refractivity contribution in [3.63, 3.8) is 0 Å². The maximum Gasteiger partial charge on any atom is 0.466 e. The van der Waals surface area contributed by atoms with E-state index in [4.69, 9.17) is 35.8 Å². The number of nitrogens with one attached hydrogen (secondary N) is 1. The van der Waals surface area contributed by atoms with E-state index in [1.54, 1.807) is 0 Å². The van der Waals surface area contributed by atoms with Gasteiger partial charge in [0.05, 0.1) is 5.52 Å². The third-order valence-corrected chi connectivity index (χ3v) is 6.57. The van der Waals surface area contributed by atoms with Crippen LogP contribution in [0.15, 0.2) is 18.2 Å². The molecular weight excluding hydrogens is 485 g/mol. The van der Waals surface area contributed by atoms with E-state index in [0.29, 0.717) is 0 Å². The normalized spacial score (nSPS) is 13.5. The molecule has 9 heteroatoms. The number of phosphoric acid groups is 1. The van der Waals surface area contributed by atoms with Crippen molar-refractivity contribution in [1.29, 1.82) is 0 Å². The fraction of sp³-hybridized carbons (Fsp3) is 0.654. The van der Waals surface area contributed by atoms with E-state index in [-0.39, 0.29) is 0 Å². The minimum Gasteiger partial charge on any atom is -0.384 e. The summed E-state index contributed by atoms with van der Waals surface area (Å²) < 4.78 is 8.88. The van der Waals surface area contributed by atoms with Crippen molar-refractivity contribution in [2.24, 2.45) is 0 Å². The van der Waals surface area contributed by atoms with Crippen LogP contribution in [0.5, 0.6) is 0 Å². The molecule has 0 spiro atoms. The van der Waals surface area contributed by atoms with Crippen molar-refractivity contribution in [1.82, 2.24) is 9.88 Å². The molecule has 1 aromatic carbocycles. The molecule has 1 aromatic heterocycles. The van der Waals surface area contributed by atoms with Gasteiger partial charge in [0.15, 0.2) is 0 Å². The van der Waals surface area contributed by atoms with E-state index in [1.165, 1.54) is 99.8 Å². The van der Waals surface area contributed by atoms with Crippen molar-refractivity contribution in [2.75, 3.05) is 31.5 Å². The average Bonchev–Trinajstić information content (AvgIpc) is 2.80. The van der Waals surface area contributed by atoms with Crippen LogP contribution >= 0.6 is 19.4 Å². The zero-order valence-corrected chi connectivity index (χ0v) is 23.0. The topological polar surface area (TPSA) is 106 Å². The molecule has 0 radical (unpaired) electrons. The Morgan fingerprint density at radius 3 is 2.20 bits per heavy atom. The minimum atomic E-state index is -4.64. The molecule has 1 aliphatic carbocycles. The lowest BCUT2D eigenvalue weighted by Crippen LogP contribution is -2.28. The van der Waals surface area contributed by atoms with E-state index < -0.39 is 7.82 Å². The number of pyridine rings is 1. The van der Waals surface area contributed by atoms with E-state index in [9.17, 15) is 0 Å². The molecule has 1 aliphatic rings. The number of hydrogen-bond acceptors (Lipinski definition) is 4. The Kier molecular flexibility index (Phi) is 13.6. The van der Waals surface area contributed by atoms with Gasteiger partial charge in [-0.05, 0) is 88.3 Å². The van der Waals surface area contributed by atoms with Crippen LogP contribution in [0.4, 0.5) is 5.69 Å². The molecular formula is C26H43ClN3O4P. The summed E-state index contributed by atoms with van der Waals surface area (Å²) in [5.74, 6) is 0. The van der Waals surface area contributed by atoms with Gasteiger partial charge in [0.2, 0.25) is 0 Å². The third-order valence-electron chi connectivity index (χ3n) is 6.33. The number of nitrogens with zero attached hydrogens (tertiary/aromatic N) is 2. The Hall–Kier alpha value is -1.21. The number of halogens is 1. The lowest BCUT2D eigenvalue weighted by Gasteiger charge is -2.24. The Balaban J connectivity index is 0.000000784. The summed E-state index contributed by atoms with van der Waals surface area (Å²) in [6, 6.07) is 6.12. The molecule has 0 saturated carbocycles. The van der Waals surface area contributed by atoms with Crippen LogP contribution < -0.4 is 5.32 Å². The van der Waals surface area contributed by atoms with E-state index in [0.717, 1.165) is 29.9 Å². The summed E-state index contributed by atoms with van der Waals surface area (Å²) in [6.45, 7) is 9.28.